The van der Waals surface area contributed by atoms with E-state index in [9.17, 15) is 4.79 Å². The van der Waals surface area contributed by atoms with Gasteiger partial charge in [0.05, 0.1) is 5.52 Å². The molecule has 2 atom stereocenters. The molecule has 0 radical (unpaired) electrons. The minimum atomic E-state index is 0.103. The maximum Gasteiger partial charge on any atom is 0.272 e. The topological polar surface area (TPSA) is 36.4 Å². The van der Waals surface area contributed by atoms with Crippen LogP contribution in [0.15, 0.2) is 36.4 Å². The van der Waals surface area contributed by atoms with E-state index in [2.05, 4.69) is 21.7 Å². The Balaban J connectivity index is 1.60. The van der Waals surface area contributed by atoms with Gasteiger partial charge < -0.3 is 4.90 Å². The molecule has 126 valence electrons. The second-order valence-corrected chi connectivity index (χ2v) is 6.94. The zero-order valence-corrected chi connectivity index (χ0v) is 14.3. The van der Waals surface area contributed by atoms with Crippen LogP contribution in [0.5, 0.6) is 0 Å². The van der Waals surface area contributed by atoms with E-state index < -0.39 is 0 Å². The lowest BCUT2D eigenvalue weighted by atomic mass is 10.0. The summed E-state index contributed by atoms with van der Waals surface area (Å²) in [5, 5.41) is 1.08. The molecule has 0 bridgehead atoms. The number of para-hydroxylation sites is 1. The Kier molecular flexibility index (Phi) is 4.23. The fraction of sp³-hybridized carbons (Fsp3) is 0.500. The summed E-state index contributed by atoms with van der Waals surface area (Å²) in [6.45, 7) is 5.35. The highest BCUT2D eigenvalue weighted by Gasteiger charge is 2.39. The first-order chi connectivity index (χ1) is 11.8. The van der Waals surface area contributed by atoms with Gasteiger partial charge in [0.2, 0.25) is 0 Å². The second kappa shape index (κ2) is 6.52. The molecule has 4 rings (SSSR count). The highest BCUT2D eigenvalue weighted by atomic mass is 16.2. The molecule has 24 heavy (non-hydrogen) atoms. The van der Waals surface area contributed by atoms with E-state index in [4.69, 9.17) is 0 Å². The lowest BCUT2D eigenvalue weighted by molar-refractivity contribution is 0.0644. The number of carbonyl (C=O) groups excluding carboxylic acids is 1. The third-order valence-corrected chi connectivity index (χ3v) is 5.64. The number of nitrogens with zero attached hydrogens (tertiary/aromatic N) is 3. The largest absolute Gasteiger partial charge is 0.333 e. The summed E-state index contributed by atoms with van der Waals surface area (Å²) in [4.78, 5) is 22.4. The first-order valence-electron chi connectivity index (χ1n) is 9.18. The van der Waals surface area contributed by atoms with Crippen LogP contribution >= 0.6 is 0 Å². The van der Waals surface area contributed by atoms with Crippen LogP contribution in [0.2, 0.25) is 0 Å². The predicted molar refractivity (Wildman–Crippen MR) is 96.1 cm³/mol. The zero-order chi connectivity index (χ0) is 16.5. The first-order valence-corrected chi connectivity index (χ1v) is 9.18. The van der Waals surface area contributed by atoms with Gasteiger partial charge in [-0.25, -0.2) is 4.98 Å². The molecule has 1 aromatic carbocycles. The van der Waals surface area contributed by atoms with Crippen molar-refractivity contribution in [2.75, 3.05) is 19.6 Å². The maximum atomic E-state index is 13.1. The fourth-order valence-corrected chi connectivity index (χ4v) is 4.46. The molecule has 2 saturated heterocycles. The van der Waals surface area contributed by atoms with Gasteiger partial charge in [0.15, 0.2) is 0 Å². The number of carbonyl (C=O) groups is 1. The normalized spacial score (nSPS) is 24.8. The molecular formula is C20H25N3O. The molecule has 0 N–H and O–H groups in total. The average Bonchev–Trinajstić information content (AvgIpc) is 3.28. The summed E-state index contributed by atoms with van der Waals surface area (Å²) in [7, 11) is 0. The Morgan fingerprint density at radius 3 is 2.75 bits per heavy atom. The van der Waals surface area contributed by atoms with Gasteiger partial charge >= 0.3 is 0 Å². The molecule has 1 amide bonds. The Bertz CT molecular complexity index is 744. The van der Waals surface area contributed by atoms with Crippen LogP contribution in [-0.4, -0.2) is 52.4 Å². The molecule has 2 fully saturated rings. The molecule has 0 spiro atoms. The van der Waals surface area contributed by atoms with Crippen LogP contribution in [0, 0.1) is 0 Å². The molecule has 0 saturated carbocycles. The van der Waals surface area contributed by atoms with Crippen molar-refractivity contribution < 1.29 is 4.79 Å². The van der Waals surface area contributed by atoms with Gasteiger partial charge in [0.1, 0.15) is 5.69 Å². The molecule has 2 aliphatic heterocycles. The number of amides is 1. The number of likely N-dealkylation sites (tertiary alicyclic amines) is 2. The van der Waals surface area contributed by atoms with E-state index in [0.29, 0.717) is 17.8 Å². The quantitative estimate of drug-likeness (QED) is 0.869. The monoisotopic (exact) mass is 323 g/mol. The molecule has 3 heterocycles. The molecule has 4 nitrogen and oxygen atoms in total. The van der Waals surface area contributed by atoms with Crippen molar-refractivity contribution in [3.8, 4) is 0 Å². The molecule has 0 aliphatic carbocycles. The van der Waals surface area contributed by atoms with E-state index in [1.807, 2.05) is 36.4 Å². The number of hydrogen-bond donors (Lipinski definition) is 0. The summed E-state index contributed by atoms with van der Waals surface area (Å²) >= 11 is 0. The number of benzene rings is 1. The predicted octanol–water partition coefficient (Wildman–Crippen LogP) is 3.32. The molecule has 2 aromatic rings. The van der Waals surface area contributed by atoms with Crippen molar-refractivity contribution in [1.82, 2.24) is 14.8 Å². The third-order valence-electron chi connectivity index (χ3n) is 5.64. The van der Waals surface area contributed by atoms with Gasteiger partial charge in [-0.2, -0.15) is 0 Å². The summed E-state index contributed by atoms with van der Waals surface area (Å²) in [6, 6.07) is 12.8. The van der Waals surface area contributed by atoms with Crippen molar-refractivity contribution >= 4 is 16.8 Å². The zero-order valence-electron chi connectivity index (χ0n) is 14.3. The van der Waals surface area contributed by atoms with E-state index in [1.54, 1.807) is 0 Å². The maximum absolute atomic E-state index is 13.1. The number of fused-ring (bicyclic) bond motifs is 1. The molecular weight excluding hydrogens is 298 g/mol. The molecule has 2 unspecified atom stereocenters. The fourth-order valence-electron chi connectivity index (χ4n) is 4.46. The van der Waals surface area contributed by atoms with Crippen molar-refractivity contribution in [3.63, 3.8) is 0 Å². The number of rotatable bonds is 3. The van der Waals surface area contributed by atoms with Crippen LogP contribution in [0.25, 0.3) is 10.9 Å². The van der Waals surface area contributed by atoms with Crippen molar-refractivity contribution in [2.45, 2.75) is 44.7 Å². The van der Waals surface area contributed by atoms with Gasteiger partial charge in [-0.15, -0.1) is 0 Å². The van der Waals surface area contributed by atoms with Gasteiger partial charge in [0, 0.05) is 24.0 Å². The minimum Gasteiger partial charge on any atom is -0.333 e. The van der Waals surface area contributed by atoms with Crippen molar-refractivity contribution in [3.05, 3.63) is 42.1 Å². The van der Waals surface area contributed by atoms with Crippen molar-refractivity contribution in [2.24, 2.45) is 0 Å². The lowest BCUT2D eigenvalue weighted by Gasteiger charge is -2.34. The van der Waals surface area contributed by atoms with E-state index in [1.165, 1.54) is 19.4 Å². The number of pyridine rings is 1. The van der Waals surface area contributed by atoms with Gasteiger partial charge in [0.25, 0.3) is 5.91 Å². The van der Waals surface area contributed by atoms with Crippen molar-refractivity contribution in [1.29, 1.82) is 0 Å². The number of aromatic nitrogens is 1. The Labute approximate surface area is 143 Å². The highest BCUT2D eigenvalue weighted by molar-refractivity contribution is 5.95. The van der Waals surface area contributed by atoms with Gasteiger partial charge in [-0.3, -0.25) is 9.69 Å². The van der Waals surface area contributed by atoms with Gasteiger partial charge in [-0.1, -0.05) is 31.2 Å². The Morgan fingerprint density at radius 2 is 1.88 bits per heavy atom. The summed E-state index contributed by atoms with van der Waals surface area (Å²) in [6.07, 6.45) is 4.71. The summed E-state index contributed by atoms with van der Waals surface area (Å²) in [5.41, 5.74) is 1.48. The van der Waals surface area contributed by atoms with Crippen LogP contribution in [0.3, 0.4) is 0 Å². The van der Waals surface area contributed by atoms with Crippen LogP contribution in [0.1, 0.15) is 43.1 Å². The molecule has 4 heteroatoms. The van der Waals surface area contributed by atoms with E-state index >= 15 is 0 Å². The van der Waals surface area contributed by atoms with E-state index in [0.717, 1.165) is 36.8 Å². The second-order valence-electron chi connectivity index (χ2n) is 6.94. The minimum absolute atomic E-state index is 0.103. The first kappa shape index (κ1) is 15.6. The Morgan fingerprint density at radius 1 is 1.08 bits per heavy atom. The molecule has 1 aromatic heterocycles. The van der Waals surface area contributed by atoms with Crippen LogP contribution in [0.4, 0.5) is 0 Å². The lowest BCUT2D eigenvalue weighted by Crippen LogP contribution is -2.48. The third kappa shape index (κ3) is 2.69. The highest BCUT2D eigenvalue weighted by Crippen LogP contribution is 2.30. The smallest absolute Gasteiger partial charge is 0.272 e. The van der Waals surface area contributed by atoms with Crippen LogP contribution in [-0.2, 0) is 0 Å². The average molecular weight is 323 g/mol. The standard InChI is InChI=1S/C20H25N3O/c1-2-22-13-5-9-18(22)19-10-6-14-23(19)20(24)17-12-11-15-7-3-4-8-16(15)21-17/h3-4,7-8,11-12,18-19H,2,5-6,9-10,13-14H2,1H3. The van der Waals surface area contributed by atoms with Gasteiger partial charge in [-0.05, 0) is 50.9 Å². The van der Waals surface area contributed by atoms with Crippen LogP contribution < -0.4 is 0 Å². The number of hydrogen-bond acceptors (Lipinski definition) is 3. The summed E-state index contributed by atoms with van der Waals surface area (Å²) < 4.78 is 0. The summed E-state index contributed by atoms with van der Waals surface area (Å²) in [5.74, 6) is 0.103. The SMILES string of the molecule is CCN1CCCC1C1CCCN1C(=O)c1ccc2ccccc2n1. The Hall–Kier alpha value is -1.94. The number of likely N-dealkylation sites (N-methyl/N-ethyl adjacent to an activating group) is 1. The molecule has 2 aliphatic rings. The van der Waals surface area contributed by atoms with E-state index in [-0.39, 0.29) is 5.91 Å².